The molecule has 0 aliphatic carbocycles. The van der Waals surface area contributed by atoms with Gasteiger partial charge in [0.2, 0.25) is 0 Å². The van der Waals surface area contributed by atoms with Gasteiger partial charge in [-0.2, -0.15) is 0 Å². The molecule has 3 nitrogen and oxygen atoms in total. The highest BCUT2D eigenvalue weighted by molar-refractivity contribution is 4.56. The Hall–Kier alpha value is -0.120. The molecule has 0 aromatic carbocycles. The van der Waals surface area contributed by atoms with Crippen molar-refractivity contribution in [3.8, 4) is 0 Å². The molecule has 3 heteroatoms. The number of rotatable bonds is 4. The van der Waals surface area contributed by atoms with Crippen LogP contribution in [0.4, 0.5) is 0 Å². The van der Waals surface area contributed by atoms with Crippen LogP contribution in [0.15, 0.2) is 0 Å². The Morgan fingerprint density at radius 2 is 1.73 bits per heavy atom. The van der Waals surface area contributed by atoms with Gasteiger partial charge in [-0.25, -0.2) is 0 Å². The van der Waals surface area contributed by atoms with E-state index in [2.05, 4.69) is 21.1 Å². The van der Waals surface area contributed by atoms with Crippen LogP contribution in [-0.4, -0.2) is 68.9 Å². The summed E-state index contributed by atoms with van der Waals surface area (Å²) in [7, 11) is 10.2. The quantitative estimate of drug-likeness (QED) is 0.568. The van der Waals surface area contributed by atoms with E-state index in [1.54, 1.807) is 0 Å². The molecular formula is C8H21N2O+. The van der Waals surface area contributed by atoms with Gasteiger partial charge in [-0.3, -0.25) is 0 Å². The van der Waals surface area contributed by atoms with Crippen molar-refractivity contribution in [2.45, 2.75) is 6.10 Å². The minimum atomic E-state index is -0.218. The topological polar surface area (TPSA) is 23.5 Å². The summed E-state index contributed by atoms with van der Waals surface area (Å²) in [6.07, 6.45) is -0.218. The Morgan fingerprint density at radius 3 is 2.00 bits per heavy atom. The number of aliphatic hydroxyl groups excluding tert-OH is 1. The minimum Gasteiger partial charge on any atom is -0.386 e. The molecule has 0 spiro atoms. The van der Waals surface area contributed by atoms with Crippen molar-refractivity contribution >= 4 is 0 Å². The lowest BCUT2D eigenvalue weighted by atomic mass is 10.3. The molecule has 0 aromatic heterocycles. The first-order chi connectivity index (χ1) is 4.81. The summed E-state index contributed by atoms with van der Waals surface area (Å²) in [5, 5.41) is 9.50. The fourth-order valence-electron chi connectivity index (χ4n) is 1.11. The van der Waals surface area contributed by atoms with Gasteiger partial charge in [0.05, 0.1) is 21.1 Å². The molecule has 11 heavy (non-hydrogen) atoms. The first-order valence-corrected chi connectivity index (χ1v) is 3.94. The van der Waals surface area contributed by atoms with Crippen LogP contribution in [0.1, 0.15) is 0 Å². The standard InChI is InChI=1S/C8H21N2O/c1-9(2)6-8(11)7-10(3,4)5/h8,11H,6-7H2,1-5H3/q+1/t8-/m1/s1. The Kier molecular flexibility index (Phi) is 4.00. The van der Waals surface area contributed by atoms with Gasteiger partial charge in [-0.15, -0.1) is 0 Å². The van der Waals surface area contributed by atoms with Crippen molar-refractivity contribution in [3.63, 3.8) is 0 Å². The summed E-state index contributed by atoms with van der Waals surface area (Å²) in [6, 6.07) is 0. The highest BCUT2D eigenvalue weighted by Crippen LogP contribution is 1.95. The summed E-state index contributed by atoms with van der Waals surface area (Å²) in [4.78, 5) is 2.00. The van der Waals surface area contributed by atoms with Crippen LogP contribution in [0.5, 0.6) is 0 Å². The molecule has 0 unspecified atom stereocenters. The second-order valence-corrected chi connectivity index (χ2v) is 4.39. The zero-order chi connectivity index (χ0) is 9.07. The van der Waals surface area contributed by atoms with Crippen molar-refractivity contribution in [2.75, 3.05) is 48.3 Å². The number of hydrogen-bond acceptors (Lipinski definition) is 2. The number of likely N-dealkylation sites (N-methyl/N-ethyl adjacent to an activating group) is 2. The van der Waals surface area contributed by atoms with Gasteiger partial charge in [-0.05, 0) is 14.1 Å². The highest BCUT2D eigenvalue weighted by atomic mass is 16.3. The first kappa shape index (κ1) is 10.9. The third-order valence-electron chi connectivity index (χ3n) is 1.33. The molecule has 0 aliphatic heterocycles. The van der Waals surface area contributed by atoms with Crippen molar-refractivity contribution < 1.29 is 9.59 Å². The predicted octanol–water partition coefficient (Wildman–Crippen LogP) is -0.385. The van der Waals surface area contributed by atoms with E-state index >= 15 is 0 Å². The smallest absolute Gasteiger partial charge is 0.115 e. The Morgan fingerprint density at radius 1 is 1.27 bits per heavy atom. The summed E-state index contributed by atoms with van der Waals surface area (Å²) in [6.45, 7) is 1.55. The summed E-state index contributed by atoms with van der Waals surface area (Å²) < 4.78 is 0.814. The van der Waals surface area contributed by atoms with Crippen LogP contribution in [0.25, 0.3) is 0 Å². The lowest BCUT2D eigenvalue weighted by molar-refractivity contribution is -0.873. The molecule has 0 saturated carbocycles. The number of quaternary nitrogens is 1. The van der Waals surface area contributed by atoms with Gasteiger partial charge in [0.25, 0.3) is 0 Å². The van der Waals surface area contributed by atoms with Gasteiger partial charge in [-0.1, -0.05) is 0 Å². The average Bonchev–Trinajstić information content (AvgIpc) is 1.53. The van der Waals surface area contributed by atoms with Crippen LogP contribution in [0, 0.1) is 0 Å². The molecule has 68 valence electrons. The van der Waals surface area contributed by atoms with Crippen LogP contribution < -0.4 is 0 Å². The van der Waals surface area contributed by atoms with Gasteiger partial charge >= 0.3 is 0 Å². The highest BCUT2D eigenvalue weighted by Gasteiger charge is 2.15. The van der Waals surface area contributed by atoms with Gasteiger partial charge in [0.1, 0.15) is 12.6 Å². The first-order valence-electron chi connectivity index (χ1n) is 3.94. The normalized spacial score (nSPS) is 15.5. The van der Waals surface area contributed by atoms with Crippen molar-refractivity contribution in [1.82, 2.24) is 4.90 Å². The van der Waals surface area contributed by atoms with E-state index in [0.717, 1.165) is 17.6 Å². The molecule has 1 N–H and O–H groups in total. The number of nitrogens with zero attached hydrogens (tertiary/aromatic N) is 2. The van der Waals surface area contributed by atoms with E-state index in [0.29, 0.717) is 0 Å². The molecule has 0 aromatic rings. The van der Waals surface area contributed by atoms with Gasteiger partial charge in [0.15, 0.2) is 0 Å². The second-order valence-electron chi connectivity index (χ2n) is 4.39. The van der Waals surface area contributed by atoms with E-state index in [9.17, 15) is 5.11 Å². The number of hydrogen-bond donors (Lipinski definition) is 1. The maximum Gasteiger partial charge on any atom is 0.115 e. The fraction of sp³-hybridized carbons (Fsp3) is 1.00. The van der Waals surface area contributed by atoms with Crippen LogP contribution in [0.3, 0.4) is 0 Å². The average molecular weight is 161 g/mol. The molecule has 0 rings (SSSR count). The third kappa shape index (κ3) is 7.78. The van der Waals surface area contributed by atoms with E-state index in [4.69, 9.17) is 0 Å². The van der Waals surface area contributed by atoms with E-state index in [-0.39, 0.29) is 6.10 Å². The molecule has 0 fully saturated rings. The summed E-state index contributed by atoms with van der Waals surface area (Å²) >= 11 is 0. The van der Waals surface area contributed by atoms with Gasteiger partial charge < -0.3 is 14.5 Å². The predicted molar refractivity (Wildman–Crippen MR) is 47.5 cm³/mol. The Balaban J connectivity index is 3.61. The van der Waals surface area contributed by atoms with E-state index in [1.165, 1.54) is 0 Å². The molecule has 1 atom stereocenters. The van der Waals surface area contributed by atoms with Crippen LogP contribution in [0.2, 0.25) is 0 Å². The molecule has 0 heterocycles. The zero-order valence-electron chi connectivity index (χ0n) is 8.33. The lowest BCUT2D eigenvalue weighted by Gasteiger charge is -2.27. The van der Waals surface area contributed by atoms with Gasteiger partial charge in [0, 0.05) is 6.54 Å². The monoisotopic (exact) mass is 161 g/mol. The molecule has 0 bridgehead atoms. The van der Waals surface area contributed by atoms with Crippen molar-refractivity contribution in [1.29, 1.82) is 0 Å². The van der Waals surface area contributed by atoms with Crippen LogP contribution in [-0.2, 0) is 0 Å². The minimum absolute atomic E-state index is 0.218. The zero-order valence-corrected chi connectivity index (χ0v) is 8.33. The Bertz CT molecular complexity index is 107. The molecule has 0 saturated heterocycles. The lowest BCUT2D eigenvalue weighted by Crippen LogP contribution is -2.44. The van der Waals surface area contributed by atoms with Crippen LogP contribution >= 0.6 is 0 Å². The molecule has 0 amide bonds. The van der Waals surface area contributed by atoms with E-state index < -0.39 is 0 Å². The number of aliphatic hydroxyl groups is 1. The Labute approximate surface area is 69.8 Å². The summed E-state index contributed by atoms with van der Waals surface area (Å²) in [5.41, 5.74) is 0. The molecule has 0 radical (unpaired) electrons. The fourth-order valence-corrected chi connectivity index (χ4v) is 1.11. The molecular weight excluding hydrogens is 140 g/mol. The second kappa shape index (κ2) is 4.04. The maximum absolute atomic E-state index is 9.50. The van der Waals surface area contributed by atoms with Crippen molar-refractivity contribution in [2.24, 2.45) is 0 Å². The SMILES string of the molecule is CN(C)C[C@@H](O)C[N+](C)(C)C. The maximum atomic E-state index is 9.50. The van der Waals surface area contributed by atoms with E-state index in [1.807, 2.05) is 19.0 Å². The molecule has 0 aliphatic rings. The summed E-state index contributed by atoms with van der Waals surface area (Å²) in [5.74, 6) is 0. The largest absolute Gasteiger partial charge is 0.386 e. The third-order valence-corrected chi connectivity index (χ3v) is 1.33. The van der Waals surface area contributed by atoms with Crippen molar-refractivity contribution in [3.05, 3.63) is 0 Å².